The molecule has 3 heterocycles. The van der Waals surface area contributed by atoms with Crippen molar-refractivity contribution in [2.24, 2.45) is 16.7 Å². The summed E-state index contributed by atoms with van der Waals surface area (Å²) in [6.45, 7) is 7.92. The number of carbonyl (C=O) groups is 3. The molecule has 1 aromatic heterocycles. The highest BCUT2D eigenvalue weighted by molar-refractivity contribution is 7.89. The zero-order valence-corrected chi connectivity index (χ0v) is 25.8. The van der Waals surface area contributed by atoms with E-state index in [-0.39, 0.29) is 34.2 Å². The van der Waals surface area contributed by atoms with Gasteiger partial charge in [0.2, 0.25) is 5.91 Å². The SMILES string of the molecule is C[C@@H]1CC[C@H](NC(=O)[C@@H](CCC23CCC(CC2)C3(C)C)NC(=O)N2CCOCC2)C(=O)CN1S(=O)(=O)c1ccccn1. The Kier molecular flexibility index (Phi) is 8.97. The molecule has 2 N–H and O–H groups in total. The topological polar surface area (TPSA) is 138 Å². The summed E-state index contributed by atoms with van der Waals surface area (Å²) in [5, 5.41) is 5.76. The van der Waals surface area contributed by atoms with Gasteiger partial charge < -0.3 is 20.3 Å². The van der Waals surface area contributed by atoms with Gasteiger partial charge in [-0.25, -0.2) is 18.2 Å². The number of nitrogens with zero attached hydrogens (tertiary/aromatic N) is 3. The lowest BCUT2D eigenvalue weighted by Gasteiger charge is -2.39. The van der Waals surface area contributed by atoms with E-state index >= 15 is 0 Å². The van der Waals surface area contributed by atoms with Gasteiger partial charge in [-0.2, -0.15) is 4.31 Å². The molecule has 2 aliphatic heterocycles. The number of aromatic nitrogens is 1. The molecular formula is C30H45N5O6S. The molecule has 11 nitrogen and oxygen atoms in total. The van der Waals surface area contributed by atoms with E-state index in [1.165, 1.54) is 29.4 Å². The minimum atomic E-state index is -3.98. The van der Waals surface area contributed by atoms with Gasteiger partial charge in [0.15, 0.2) is 10.8 Å². The first-order chi connectivity index (χ1) is 19.9. The second kappa shape index (κ2) is 12.2. The van der Waals surface area contributed by atoms with Crippen molar-refractivity contribution in [3.8, 4) is 0 Å². The molecule has 0 unspecified atom stereocenters. The van der Waals surface area contributed by atoms with E-state index < -0.39 is 34.1 Å². The number of sulfonamides is 1. The van der Waals surface area contributed by atoms with E-state index in [0.29, 0.717) is 51.5 Å². The Morgan fingerprint density at radius 3 is 2.45 bits per heavy atom. The van der Waals surface area contributed by atoms with Gasteiger partial charge in [-0.15, -0.1) is 0 Å². The van der Waals surface area contributed by atoms with Crippen LogP contribution in [0.5, 0.6) is 0 Å². The summed E-state index contributed by atoms with van der Waals surface area (Å²) in [5.74, 6) is -0.0753. The maximum atomic E-state index is 13.8. The molecule has 2 aliphatic carbocycles. The molecule has 5 rings (SSSR count). The number of rotatable bonds is 8. The summed E-state index contributed by atoms with van der Waals surface area (Å²) in [6, 6.07) is 2.25. The first-order valence-electron chi connectivity index (χ1n) is 15.3. The van der Waals surface area contributed by atoms with Crippen LogP contribution in [-0.2, 0) is 24.3 Å². The Hall–Kier alpha value is -2.57. The molecule has 42 heavy (non-hydrogen) atoms. The quantitative estimate of drug-likeness (QED) is 0.466. The lowest BCUT2D eigenvalue weighted by molar-refractivity contribution is -0.129. The van der Waals surface area contributed by atoms with E-state index in [4.69, 9.17) is 4.74 Å². The predicted octanol–water partition coefficient (Wildman–Crippen LogP) is 2.72. The predicted molar refractivity (Wildman–Crippen MR) is 156 cm³/mol. The normalized spacial score (nSPS) is 30.5. The number of fused-ring (bicyclic) bond motifs is 2. The molecule has 0 aromatic carbocycles. The minimum Gasteiger partial charge on any atom is -0.378 e. The standard InChI is InChI=1S/C30H45N5O6S/c1-21-7-8-23(25(36)20-35(21)42(39,40)26-6-4-5-15-31-26)32-27(37)24(33-28(38)34-16-18-41-19-17-34)11-14-30-12-9-22(10-13-30)29(30,2)3/h4-6,15,21-24H,7-14,16-20H2,1-3H3,(H,32,37)(H,33,38)/t21-,22?,23+,24-,30?/m1/s1. The van der Waals surface area contributed by atoms with Gasteiger partial charge in [0.25, 0.3) is 10.0 Å². The maximum absolute atomic E-state index is 13.8. The highest BCUT2D eigenvalue weighted by Gasteiger charge is 2.58. The van der Waals surface area contributed by atoms with Crippen LogP contribution in [-0.4, -0.2) is 91.3 Å². The first-order valence-corrected chi connectivity index (χ1v) is 16.8. The number of carbonyl (C=O) groups excluding carboxylic acids is 3. The van der Waals surface area contributed by atoms with Crippen molar-refractivity contribution in [3.63, 3.8) is 0 Å². The van der Waals surface area contributed by atoms with Crippen LogP contribution in [0.25, 0.3) is 0 Å². The van der Waals surface area contributed by atoms with Crippen molar-refractivity contribution in [2.75, 3.05) is 32.8 Å². The molecule has 232 valence electrons. The van der Waals surface area contributed by atoms with Crippen molar-refractivity contribution >= 4 is 27.7 Å². The highest BCUT2D eigenvalue weighted by atomic mass is 32.2. The van der Waals surface area contributed by atoms with Crippen LogP contribution in [0.15, 0.2) is 29.4 Å². The van der Waals surface area contributed by atoms with Crippen molar-refractivity contribution in [3.05, 3.63) is 24.4 Å². The zero-order valence-electron chi connectivity index (χ0n) is 25.0. The second-order valence-electron chi connectivity index (χ2n) is 13.1. The Balaban J connectivity index is 1.29. The third kappa shape index (κ3) is 5.94. The molecule has 1 aromatic rings. The number of ketones is 1. The number of morpholine rings is 1. The molecule has 2 saturated carbocycles. The maximum Gasteiger partial charge on any atom is 0.318 e. The van der Waals surface area contributed by atoms with Crippen LogP contribution >= 0.6 is 0 Å². The minimum absolute atomic E-state index is 0.110. The van der Waals surface area contributed by atoms with E-state index in [9.17, 15) is 22.8 Å². The van der Waals surface area contributed by atoms with Gasteiger partial charge in [0, 0.05) is 25.3 Å². The molecule has 3 amide bonds. The number of hydrogen-bond donors (Lipinski definition) is 2. The van der Waals surface area contributed by atoms with Gasteiger partial charge >= 0.3 is 6.03 Å². The third-order valence-corrected chi connectivity index (χ3v) is 12.6. The second-order valence-corrected chi connectivity index (χ2v) is 14.9. The average Bonchev–Trinajstić information content (AvgIpc) is 3.32. The summed E-state index contributed by atoms with van der Waals surface area (Å²) in [5.41, 5.74) is 0.339. The van der Waals surface area contributed by atoms with Crippen LogP contribution in [0.3, 0.4) is 0 Å². The molecule has 4 aliphatic rings. The van der Waals surface area contributed by atoms with Crippen LogP contribution in [0.2, 0.25) is 0 Å². The Morgan fingerprint density at radius 2 is 1.83 bits per heavy atom. The number of ether oxygens (including phenoxy) is 1. The van der Waals surface area contributed by atoms with Gasteiger partial charge in [-0.1, -0.05) is 19.9 Å². The summed E-state index contributed by atoms with van der Waals surface area (Å²) in [6.07, 6.45) is 8.09. The number of nitrogens with one attached hydrogen (secondary N) is 2. The van der Waals surface area contributed by atoms with Crippen molar-refractivity contribution in [1.29, 1.82) is 0 Å². The summed E-state index contributed by atoms with van der Waals surface area (Å²) in [4.78, 5) is 46.0. The Bertz CT molecular complexity index is 1260. The summed E-state index contributed by atoms with van der Waals surface area (Å²) in [7, 11) is -3.98. The zero-order chi connectivity index (χ0) is 30.1. The number of pyridine rings is 1. The van der Waals surface area contributed by atoms with E-state index in [2.05, 4.69) is 29.5 Å². The van der Waals surface area contributed by atoms with Crippen LogP contribution in [0, 0.1) is 16.7 Å². The van der Waals surface area contributed by atoms with Crippen molar-refractivity contribution < 1.29 is 27.5 Å². The first kappa shape index (κ1) is 30.9. The molecular weight excluding hydrogens is 558 g/mol. The molecule has 0 spiro atoms. The van der Waals surface area contributed by atoms with Crippen molar-refractivity contribution in [1.82, 2.24) is 24.8 Å². The van der Waals surface area contributed by atoms with Gasteiger partial charge in [-0.3, -0.25) is 9.59 Å². The number of Topliss-reactive ketones (excluding diaryl/α,β-unsaturated/α-hetero) is 1. The van der Waals surface area contributed by atoms with Gasteiger partial charge in [0.1, 0.15) is 6.04 Å². The van der Waals surface area contributed by atoms with Crippen LogP contribution in [0.4, 0.5) is 4.79 Å². The molecule has 4 fully saturated rings. The average molecular weight is 604 g/mol. The molecule has 2 saturated heterocycles. The summed E-state index contributed by atoms with van der Waals surface area (Å²) < 4.78 is 33.1. The Labute approximate surface area is 249 Å². The smallest absolute Gasteiger partial charge is 0.318 e. The fourth-order valence-electron chi connectivity index (χ4n) is 7.74. The molecule has 12 heteroatoms. The van der Waals surface area contributed by atoms with Crippen LogP contribution in [0.1, 0.15) is 72.1 Å². The van der Waals surface area contributed by atoms with Gasteiger partial charge in [-0.05, 0) is 87.2 Å². The molecule has 3 atom stereocenters. The lowest BCUT2D eigenvalue weighted by Crippen LogP contribution is -2.56. The molecule has 2 bridgehead atoms. The van der Waals surface area contributed by atoms with Crippen molar-refractivity contribution in [2.45, 2.75) is 95.3 Å². The van der Waals surface area contributed by atoms with E-state index in [0.717, 1.165) is 19.3 Å². The lowest BCUT2D eigenvalue weighted by atomic mass is 9.66. The number of hydrogen-bond acceptors (Lipinski definition) is 7. The fourth-order valence-corrected chi connectivity index (χ4v) is 9.30. The number of amides is 3. The van der Waals surface area contributed by atoms with Gasteiger partial charge in [0.05, 0.1) is 25.8 Å². The van der Waals surface area contributed by atoms with E-state index in [1.807, 2.05) is 0 Å². The third-order valence-electron chi connectivity index (χ3n) is 10.7. The summed E-state index contributed by atoms with van der Waals surface area (Å²) >= 11 is 0. The number of urea groups is 1. The van der Waals surface area contributed by atoms with Crippen LogP contribution < -0.4 is 10.6 Å². The largest absolute Gasteiger partial charge is 0.378 e. The fraction of sp³-hybridized carbons (Fsp3) is 0.733. The monoisotopic (exact) mass is 603 g/mol. The Morgan fingerprint density at radius 1 is 1.12 bits per heavy atom. The molecule has 0 radical (unpaired) electrons. The van der Waals surface area contributed by atoms with E-state index in [1.54, 1.807) is 24.0 Å². The highest BCUT2D eigenvalue weighted by Crippen LogP contribution is 2.67.